The molecule has 0 heterocycles. The summed E-state index contributed by atoms with van der Waals surface area (Å²) in [4.78, 5) is 0. The van der Waals surface area contributed by atoms with Crippen LogP contribution >= 0.6 is 27.5 Å². The molecule has 0 bridgehead atoms. The van der Waals surface area contributed by atoms with Crippen LogP contribution in [0.3, 0.4) is 0 Å². The molecule has 0 spiro atoms. The Morgan fingerprint density at radius 1 is 1.16 bits per heavy atom. The summed E-state index contributed by atoms with van der Waals surface area (Å²) in [5.41, 5.74) is 1.63. The highest BCUT2D eigenvalue weighted by Gasteiger charge is 2.11. The van der Waals surface area contributed by atoms with Gasteiger partial charge in [-0.05, 0) is 52.7 Å². The summed E-state index contributed by atoms with van der Waals surface area (Å²) in [7, 11) is 0. The van der Waals surface area contributed by atoms with Crippen molar-refractivity contribution in [2.24, 2.45) is 0 Å². The van der Waals surface area contributed by atoms with Crippen molar-refractivity contribution in [2.45, 2.75) is 13.0 Å². The van der Waals surface area contributed by atoms with Crippen LogP contribution in [0.5, 0.6) is 11.5 Å². The van der Waals surface area contributed by atoms with Crippen LogP contribution in [-0.2, 0) is 0 Å². The third kappa shape index (κ3) is 3.33. The van der Waals surface area contributed by atoms with E-state index in [0.717, 1.165) is 15.7 Å². The van der Waals surface area contributed by atoms with Crippen LogP contribution in [0, 0.1) is 0 Å². The Kier molecular flexibility index (Phi) is 4.22. The minimum Gasteiger partial charge on any atom is -0.508 e. The maximum Gasteiger partial charge on any atom is 0.119 e. The number of halogens is 2. The van der Waals surface area contributed by atoms with E-state index in [-0.39, 0.29) is 17.5 Å². The lowest BCUT2D eigenvalue weighted by molar-refractivity contribution is 0.448. The zero-order valence-electron chi connectivity index (χ0n) is 10.2. The molecular formula is C14H13BrClNO2. The molecule has 3 nitrogen and oxygen atoms in total. The summed E-state index contributed by atoms with van der Waals surface area (Å²) in [6.45, 7) is 1.93. The maximum atomic E-state index is 9.49. The zero-order valence-corrected chi connectivity index (χ0v) is 12.5. The van der Waals surface area contributed by atoms with Crippen LogP contribution in [0.1, 0.15) is 18.5 Å². The average Bonchev–Trinajstić information content (AvgIpc) is 2.33. The van der Waals surface area contributed by atoms with Crippen molar-refractivity contribution in [3.63, 3.8) is 0 Å². The van der Waals surface area contributed by atoms with E-state index in [1.54, 1.807) is 18.2 Å². The minimum atomic E-state index is -0.0900. The molecule has 19 heavy (non-hydrogen) atoms. The fourth-order valence-corrected chi connectivity index (χ4v) is 2.35. The van der Waals surface area contributed by atoms with Crippen LogP contribution in [0.4, 0.5) is 5.69 Å². The van der Waals surface area contributed by atoms with E-state index in [4.69, 9.17) is 11.6 Å². The highest BCUT2D eigenvalue weighted by atomic mass is 79.9. The molecule has 1 atom stereocenters. The zero-order chi connectivity index (χ0) is 14.0. The molecule has 0 amide bonds. The fourth-order valence-electron chi connectivity index (χ4n) is 1.80. The second kappa shape index (κ2) is 5.72. The van der Waals surface area contributed by atoms with Crippen molar-refractivity contribution in [2.75, 3.05) is 5.32 Å². The monoisotopic (exact) mass is 341 g/mol. The Bertz CT molecular complexity index is 584. The number of hydrogen-bond acceptors (Lipinski definition) is 3. The lowest BCUT2D eigenvalue weighted by Crippen LogP contribution is -2.07. The van der Waals surface area contributed by atoms with Gasteiger partial charge in [0.15, 0.2) is 0 Å². The largest absolute Gasteiger partial charge is 0.508 e. The van der Waals surface area contributed by atoms with Crippen molar-refractivity contribution < 1.29 is 10.2 Å². The van der Waals surface area contributed by atoms with Gasteiger partial charge in [-0.25, -0.2) is 0 Å². The molecule has 0 aliphatic heterocycles. The van der Waals surface area contributed by atoms with Gasteiger partial charge < -0.3 is 15.5 Å². The van der Waals surface area contributed by atoms with Crippen LogP contribution in [-0.4, -0.2) is 10.2 Å². The summed E-state index contributed by atoms with van der Waals surface area (Å²) in [5.74, 6) is 0.0719. The third-order valence-electron chi connectivity index (χ3n) is 2.75. The number of benzene rings is 2. The average molecular weight is 343 g/mol. The summed E-state index contributed by atoms with van der Waals surface area (Å²) in [6.07, 6.45) is 0. The Labute approximate surface area is 125 Å². The van der Waals surface area contributed by atoms with Gasteiger partial charge in [-0.3, -0.25) is 0 Å². The van der Waals surface area contributed by atoms with Gasteiger partial charge in [-0.15, -0.1) is 0 Å². The minimum absolute atomic E-state index is 0.0359. The van der Waals surface area contributed by atoms with Crippen LogP contribution in [0.25, 0.3) is 0 Å². The van der Waals surface area contributed by atoms with E-state index in [1.807, 2.05) is 19.1 Å². The summed E-state index contributed by atoms with van der Waals surface area (Å²) >= 11 is 9.44. The number of nitrogens with one attached hydrogen (secondary N) is 1. The second-order valence-corrected chi connectivity index (χ2v) is 5.45. The molecular weight excluding hydrogens is 330 g/mol. The molecule has 3 N–H and O–H groups in total. The smallest absolute Gasteiger partial charge is 0.119 e. The van der Waals surface area contributed by atoms with Crippen LogP contribution < -0.4 is 5.32 Å². The molecule has 0 aliphatic rings. The first kappa shape index (κ1) is 14.0. The molecule has 0 radical (unpaired) electrons. The van der Waals surface area contributed by atoms with Crippen molar-refractivity contribution in [3.05, 3.63) is 51.5 Å². The molecule has 1 unspecified atom stereocenters. The van der Waals surface area contributed by atoms with Gasteiger partial charge in [0.05, 0.1) is 15.2 Å². The quantitative estimate of drug-likeness (QED) is 0.758. The Hall–Kier alpha value is -1.39. The molecule has 2 aromatic carbocycles. The third-order valence-corrected chi connectivity index (χ3v) is 4.15. The van der Waals surface area contributed by atoms with Gasteiger partial charge in [-0.2, -0.15) is 0 Å². The molecule has 0 fully saturated rings. The summed E-state index contributed by atoms with van der Waals surface area (Å²) in [6, 6.07) is 9.96. The molecule has 0 saturated heterocycles. The van der Waals surface area contributed by atoms with Gasteiger partial charge in [0, 0.05) is 12.1 Å². The predicted octanol–water partition coefficient (Wildman–Crippen LogP) is 4.69. The van der Waals surface area contributed by atoms with Gasteiger partial charge in [-0.1, -0.05) is 17.7 Å². The molecule has 5 heteroatoms. The van der Waals surface area contributed by atoms with E-state index in [1.165, 1.54) is 6.07 Å². The Morgan fingerprint density at radius 3 is 2.42 bits per heavy atom. The number of hydrogen-bond donors (Lipinski definition) is 3. The highest BCUT2D eigenvalue weighted by molar-refractivity contribution is 9.10. The standard InChI is InChI=1S/C14H13BrClNO2/c1-8(9-5-10(18)7-11(19)6-9)17-13-4-2-3-12(16)14(13)15/h2-8,17-19H,1H3. The van der Waals surface area contributed by atoms with Crippen molar-refractivity contribution >= 4 is 33.2 Å². The normalized spacial score (nSPS) is 12.2. The van der Waals surface area contributed by atoms with E-state index in [0.29, 0.717) is 5.02 Å². The van der Waals surface area contributed by atoms with E-state index >= 15 is 0 Å². The lowest BCUT2D eigenvalue weighted by Gasteiger charge is -2.17. The first-order valence-electron chi connectivity index (χ1n) is 5.71. The predicted molar refractivity (Wildman–Crippen MR) is 81.0 cm³/mol. The molecule has 0 aromatic heterocycles. The molecule has 0 saturated carbocycles. The fraction of sp³-hybridized carbons (Fsp3) is 0.143. The molecule has 0 aliphatic carbocycles. The highest BCUT2D eigenvalue weighted by Crippen LogP contribution is 2.33. The number of phenols is 2. The molecule has 2 aromatic rings. The van der Waals surface area contributed by atoms with Crippen LogP contribution in [0.15, 0.2) is 40.9 Å². The van der Waals surface area contributed by atoms with Crippen molar-refractivity contribution in [1.29, 1.82) is 0 Å². The van der Waals surface area contributed by atoms with E-state index < -0.39 is 0 Å². The van der Waals surface area contributed by atoms with Crippen molar-refractivity contribution in [3.8, 4) is 11.5 Å². The SMILES string of the molecule is CC(Nc1cccc(Cl)c1Br)c1cc(O)cc(O)c1. The number of aromatic hydroxyl groups is 2. The van der Waals surface area contributed by atoms with Gasteiger partial charge >= 0.3 is 0 Å². The van der Waals surface area contributed by atoms with Gasteiger partial charge in [0.1, 0.15) is 11.5 Å². The van der Waals surface area contributed by atoms with Crippen LogP contribution in [0.2, 0.25) is 5.02 Å². The summed E-state index contributed by atoms with van der Waals surface area (Å²) in [5, 5.41) is 22.9. The lowest BCUT2D eigenvalue weighted by atomic mass is 10.1. The van der Waals surface area contributed by atoms with E-state index in [9.17, 15) is 10.2 Å². The van der Waals surface area contributed by atoms with Gasteiger partial charge in [0.25, 0.3) is 0 Å². The molecule has 100 valence electrons. The molecule has 2 rings (SSSR count). The topological polar surface area (TPSA) is 52.5 Å². The maximum absolute atomic E-state index is 9.49. The number of anilines is 1. The number of phenolic OH excluding ortho intramolecular Hbond substituents is 2. The van der Waals surface area contributed by atoms with E-state index in [2.05, 4.69) is 21.2 Å². The second-order valence-electron chi connectivity index (χ2n) is 4.25. The Morgan fingerprint density at radius 2 is 1.79 bits per heavy atom. The first-order valence-corrected chi connectivity index (χ1v) is 6.88. The number of rotatable bonds is 3. The Balaban J connectivity index is 2.25. The van der Waals surface area contributed by atoms with Gasteiger partial charge in [0.2, 0.25) is 0 Å². The first-order chi connectivity index (χ1) is 8.97. The summed E-state index contributed by atoms with van der Waals surface area (Å²) < 4.78 is 0.785. The van der Waals surface area contributed by atoms with Crippen molar-refractivity contribution in [1.82, 2.24) is 0 Å².